The highest BCUT2D eigenvalue weighted by Gasteiger charge is 2.14. The molecule has 0 saturated heterocycles. The van der Waals surface area contributed by atoms with E-state index >= 15 is 0 Å². The minimum atomic E-state index is -0.750. The van der Waals surface area contributed by atoms with Gasteiger partial charge in [0.15, 0.2) is 11.6 Å². The van der Waals surface area contributed by atoms with Crippen LogP contribution in [0.15, 0.2) is 48.8 Å². The molecule has 2 aromatic carbocycles. The van der Waals surface area contributed by atoms with Crippen molar-refractivity contribution in [2.45, 2.75) is 26.4 Å². The van der Waals surface area contributed by atoms with E-state index in [9.17, 15) is 19.1 Å². The van der Waals surface area contributed by atoms with Crippen LogP contribution >= 0.6 is 0 Å². The number of aryl methyl sites for hydroxylation is 1. The lowest BCUT2D eigenvalue weighted by Gasteiger charge is -2.11. The van der Waals surface area contributed by atoms with Crippen LogP contribution in [-0.2, 0) is 19.5 Å². The Balaban J connectivity index is 1.38. The molecule has 2 amide bonds. The normalized spacial score (nSPS) is 10.7. The number of nitrogens with zero attached hydrogens (tertiary/aromatic N) is 5. The summed E-state index contributed by atoms with van der Waals surface area (Å²) in [6.07, 6.45) is 1.87. The van der Waals surface area contributed by atoms with Gasteiger partial charge in [0, 0.05) is 24.7 Å². The number of phenolic OH excluding ortho intramolecular Hbond substituents is 1. The fourth-order valence-corrected chi connectivity index (χ4v) is 3.36. The summed E-state index contributed by atoms with van der Waals surface area (Å²) >= 11 is 0. The molecule has 0 saturated carbocycles. The average Bonchev–Trinajstić information content (AvgIpc) is 3.43. The van der Waals surface area contributed by atoms with E-state index in [2.05, 4.69) is 41.2 Å². The summed E-state index contributed by atoms with van der Waals surface area (Å²) in [5.41, 5.74) is 3.28. The van der Waals surface area contributed by atoms with Gasteiger partial charge in [0.25, 0.3) is 11.8 Å². The van der Waals surface area contributed by atoms with Crippen LogP contribution in [-0.4, -0.2) is 47.5 Å². The van der Waals surface area contributed by atoms with E-state index in [1.807, 2.05) is 25.1 Å². The molecule has 35 heavy (non-hydrogen) atoms. The van der Waals surface area contributed by atoms with Crippen LogP contribution in [0.3, 0.4) is 0 Å². The van der Waals surface area contributed by atoms with E-state index < -0.39 is 23.4 Å². The molecule has 0 bridgehead atoms. The summed E-state index contributed by atoms with van der Waals surface area (Å²) in [5, 5.41) is 28.8. The molecule has 0 aliphatic carbocycles. The van der Waals surface area contributed by atoms with Crippen molar-refractivity contribution in [2.75, 3.05) is 0 Å². The number of hydrogen-bond acceptors (Lipinski definition) is 8. The molecular formula is C23H21FN8O3. The number of amides is 2. The lowest BCUT2D eigenvalue weighted by molar-refractivity contribution is 0.0944. The first-order valence-electron chi connectivity index (χ1n) is 10.7. The van der Waals surface area contributed by atoms with Crippen molar-refractivity contribution in [1.82, 2.24) is 41.2 Å². The first kappa shape index (κ1) is 23.4. The molecule has 0 aliphatic heterocycles. The topological polar surface area (TPSA) is 159 Å². The van der Waals surface area contributed by atoms with Gasteiger partial charge in [0.1, 0.15) is 17.7 Å². The maximum Gasteiger partial charge on any atom is 0.270 e. The average molecular weight is 476 g/mol. The van der Waals surface area contributed by atoms with Crippen molar-refractivity contribution in [2.24, 2.45) is 0 Å². The second-order valence-corrected chi connectivity index (χ2v) is 7.51. The van der Waals surface area contributed by atoms with Crippen LogP contribution in [0, 0.1) is 5.82 Å². The summed E-state index contributed by atoms with van der Waals surface area (Å²) in [5.74, 6) is -1.78. The number of halogens is 1. The minimum Gasteiger partial charge on any atom is -0.505 e. The summed E-state index contributed by atoms with van der Waals surface area (Å²) in [6.45, 7) is 2.30. The zero-order chi connectivity index (χ0) is 24.8. The smallest absolute Gasteiger partial charge is 0.270 e. The molecular weight excluding hydrogens is 455 g/mol. The minimum absolute atomic E-state index is 0.00445. The van der Waals surface area contributed by atoms with Crippen molar-refractivity contribution in [3.05, 3.63) is 82.7 Å². The van der Waals surface area contributed by atoms with E-state index in [0.717, 1.165) is 35.5 Å². The predicted octanol–water partition coefficient (Wildman–Crippen LogP) is 1.92. The fourth-order valence-electron chi connectivity index (χ4n) is 3.36. The number of H-pyrrole nitrogens is 1. The largest absolute Gasteiger partial charge is 0.505 e. The Labute approximate surface area is 198 Å². The molecule has 2 aromatic heterocycles. The predicted molar refractivity (Wildman–Crippen MR) is 121 cm³/mol. The molecule has 178 valence electrons. The third-order valence-electron chi connectivity index (χ3n) is 5.23. The number of carbonyl (C=O) groups excluding carboxylic acids is 2. The highest BCUT2D eigenvalue weighted by molar-refractivity contribution is 5.97. The highest BCUT2D eigenvalue weighted by atomic mass is 19.1. The number of rotatable bonds is 8. The molecule has 0 spiro atoms. The molecule has 0 atom stereocenters. The van der Waals surface area contributed by atoms with Crippen LogP contribution in [0.25, 0.3) is 11.4 Å². The Morgan fingerprint density at radius 3 is 2.37 bits per heavy atom. The number of hydrogen-bond donors (Lipinski definition) is 4. The first-order valence-corrected chi connectivity index (χ1v) is 10.7. The molecule has 0 aliphatic rings. The third-order valence-corrected chi connectivity index (χ3v) is 5.23. The first-order chi connectivity index (χ1) is 16.9. The number of aromatic hydroxyl groups is 1. The van der Waals surface area contributed by atoms with Gasteiger partial charge in [-0.25, -0.2) is 14.4 Å². The molecule has 4 aromatic rings. The monoisotopic (exact) mass is 476 g/mol. The van der Waals surface area contributed by atoms with Gasteiger partial charge >= 0.3 is 0 Å². The van der Waals surface area contributed by atoms with Gasteiger partial charge in [-0.15, -0.1) is 10.2 Å². The maximum atomic E-state index is 13.2. The van der Waals surface area contributed by atoms with Crippen molar-refractivity contribution in [1.29, 1.82) is 0 Å². The molecule has 0 radical (unpaired) electrons. The number of tetrazole rings is 1. The van der Waals surface area contributed by atoms with E-state index in [1.54, 1.807) is 0 Å². The Morgan fingerprint density at radius 1 is 0.971 bits per heavy atom. The quantitative estimate of drug-likeness (QED) is 0.300. The van der Waals surface area contributed by atoms with Crippen LogP contribution < -0.4 is 10.6 Å². The summed E-state index contributed by atoms with van der Waals surface area (Å²) in [7, 11) is 0. The van der Waals surface area contributed by atoms with Gasteiger partial charge in [0.2, 0.25) is 5.82 Å². The van der Waals surface area contributed by atoms with Gasteiger partial charge in [-0.3, -0.25) is 9.59 Å². The molecule has 0 unspecified atom stereocenters. The Kier molecular flexibility index (Phi) is 7.00. The Morgan fingerprint density at radius 2 is 1.71 bits per heavy atom. The SMILES string of the molecule is CCc1cc(-c2nn[nH]n2)ccc1CNC(=O)c1cc(C(=O)NCc2ccc(F)c(O)c2)ncn1. The van der Waals surface area contributed by atoms with Crippen molar-refractivity contribution in [3.8, 4) is 17.1 Å². The number of aromatic nitrogens is 6. The van der Waals surface area contributed by atoms with Crippen LogP contribution in [0.4, 0.5) is 4.39 Å². The maximum absolute atomic E-state index is 13.2. The van der Waals surface area contributed by atoms with Gasteiger partial charge < -0.3 is 15.7 Å². The number of nitrogens with one attached hydrogen (secondary N) is 3. The molecule has 2 heterocycles. The van der Waals surface area contributed by atoms with Crippen molar-refractivity contribution < 1.29 is 19.1 Å². The molecule has 4 rings (SSSR count). The van der Waals surface area contributed by atoms with E-state index in [4.69, 9.17) is 0 Å². The number of phenols is 1. The zero-order valence-electron chi connectivity index (χ0n) is 18.6. The standard InChI is InChI=1S/C23H21FN8O3/c1-2-14-8-15(21-29-31-32-30-21)4-5-16(14)11-26-23(35)19-9-18(27-12-28-19)22(34)25-10-13-3-6-17(24)20(33)7-13/h3-9,12,33H,2,10-11H2,1H3,(H,25,34)(H,26,35)(H,29,30,31,32). The van der Waals surface area contributed by atoms with Gasteiger partial charge in [0.05, 0.1) is 0 Å². The van der Waals surface area contributed by atoms with Gasteiger partial charge in [-0.05, 0) is 46.5 Å². The van der Waals surface area contributed by atoms with Crippen LogP contribution in [0.5, 0.6) is 5.75 Å². The number of carbonyl (C=O) groups is 2. The third kappa shape index (κ3) is 5.61. The second kappa shape index (κ2) is 10.5. The van der Waals surface area contributed by atoms with E-state index in [1.165, 1.54) is 18.2 Å². The lowest BCUT2D eigenvalue weighted by Crippen LogP contribution is -2.27. The number of aromatic amines is 1. The summed E-state index contributed by atoms with van der Waals surface area (Å²) in [6, 6.07) is 10.7. The highest BCUT2D eigenvalue weighted by Crippen LogP contribution is 2.20. The van der Waals surface area contributed by atoms with E-state index in [0.29, 0.717) is 11.4 Å². The summed E-state index contributed by atoms with van der Waals surface area (Å²) < 4.78 is 13.2. The Bertz CT molecular complexity index is 1360. The zero-order valence-corrected chi connectivity index (χ0v) is 18.6. The van der Waals surface area contributed by atoms with E-state index in [-0.39, 0.29) is 24.5 Å². The molecule has 12 heteroatoms. The van der Waals surface area contributed by atoms with Crippen LogP contribution in [0.2, 0.25) is 0 Å². The second-order valence-electron chi connectivity index (χ2n) is 7.51. The molecule has 0 fully saturated rings. The molecule has 11 nitrogen and oxygen atoms in total. The fraction of sp³-hybridized carbons (Fsp3) is 0.174. The van der Waals surface area contributed by atoms with Gasteiger partial charge in [-0.2, -0.15) is 5.21 Å². The lowest BCUT2D eigenvalue weighted by atomic mass is 10.0. The van der Waals surface area contributed by atoms with Crippen molar-refractivity contribution in [3.63, 3.8) is 0 Å². The Hall–Kier alpha value is -4.74. The van der Waals surface area contributed by atoms with Crippen molar-refractivity contribution >= 4 is 11.8 Å². The van der Waals surface area contributed by atoms with Gasteiger partial charge in [-0.1, -0.05) is 25.1 Å². The summed E-state index contributed by atoms with van der Waals surface area (Å²) in [4.78, 5) is 33.0. The molecule has 4 N–H and O–H groups in total. The van der Waals surface area contributed by atoms with Crippen LogP contribution in [0.1, 0.15) is 44.6 Å². The number of benzene rings is 2.